The van der Waals surface area contributed by atoms with E-state index in [9.17, 15) is 13.2 Å². The van der Waals surface area contributed by atoms with Gasteiger partial charge in [0.05, 0.1) is 12.2 Å². The summed E-state index contributed by atoms with van der Waals surface area (Å²) in [5.41, 5.74) is 0.459. The van der Waals surface area contributed by atoms with Crippen molar-refractivity contribution in [2.45, 2.75) is 20.0 Å². The van der Waals surface area contributed by atoms with Crippen molar-refractivity contribution in [3.05, 3.63) is 41.5 Å². The van der Waals surface area contributed by atoms with Crippen LogP contribution in [0.1, 0.15) is 23.6 Å². The third kappa shape index (κ3) is 2.78. The van der Waals surface area contributed by atoms with Crippen LogP contribution in [0.5, 0.6) is 0 Å². The Hall–Kier alpha value is -1.45. The van der Waals surface area contributed by atoms with E-state index in [1.165, 1.54) is 6.07 Å². The van der Waals surface area contributed by atoms with Crippen LogP contribution in [-0.2, 0) is 10.9 Å². The number of alkyl halides is 3. The lowest BCUT2D eigenvalue weighted by Gasteiger charge is -2.12. The molecule has 0 unspecified atom stereocenters. The summed E-state index contributed by atoms with van der Waals surface area (Å²) >= 11 is 0. The fraction of sp³-hybridized carbons (Fsp3) is 0.333. The number of benzene rings is 1. The molecule has 0 aliphatic rings. The molecule has 0 N–H and O–H groups in total. The van der Waals surface area contributed by atoms with Crippen LogP contribution >= 0.6 is 0 Å². The maximum Gasteiger partial charge on any atom is 0.416 e. The van der Waals surface area contributed by atoms with E-state index >= 15 is 0 Å². The largest absolute Gasteiger partial charge is 0.494 e. The summed E-state index contributed by atoms with van der Waals surface area (Å²) in [7, 11) is 0. The second-order valence-electron chi connectivity index (χ2n) is 3.38. The van der Waals surface area contributed by atoms with E-state index in [-0.39, 0.29) is 0 Å². The predicted octanol–water partition coefficient (Wildman–Crippen LogP) is 4.02. The van der Waals surface area contributed by atoms with Gasteiger partial charge in [-0.1, -0.05) is 12.6 Å². The summed E-state index contributed by atoms with van der Waals surface area (Å²) in [5, 5.41) is 0. The molecule has 0 amide bonds. The average molecular weight is 230 g/mol. The molecule has 0 spiro atoms. The van der Waals surface area contributed by atoms with Gasteiger partial charge in [-0.15, -0.1) is 0 Å². The fourth-order valence-corrected chi connectivity index (χ4v) is 1.40. The molecule has 0 aromatic heterocycles. The third-order valence-corrected chi connectivity index (χ3v) is 2.17. The average Bonchev–Trinajstić information content (AvgIpc) is 2.16. The SMILES string of the molecule is C=C(OCC)c1ccc(C(F)(F)F)cc1C. The molecule has 0 saturated carbocycles. The first-order chi connectivity index (χ1) is 7.36. The summed E-state index contributed by atoms with van der Waals surface area (Å²) in [6, 6.07) is 3.52. The molecule has 0 heterocycles. The lowest BCUT2D eigenvalue weighted by atomic mass is 10.0. The van der Waals surface area contributed by atoms with Crippen LogP contribution in [0.15, 0.2) is 24.8 Å². The van der Waals surface area contributed by atoms with Crippen molar-refractivity contribution in [2.24, 2.45) is 0 Å². The van der Waals surface area contributed by atoms with Gasteiger partial charge < -0.3 is 4.74 Å². The van der Waals surface area contributed by atoms with Gasteiger partial charge in [0.2, 0.25) is 0 Å². The number of halogens is 3. The second-order valence-corrected chi connectivity index (χ2v) is 3.38. The first kappa shape index (κ1) is 12.6. The molecule has 0 atom stereocenters. The molecule has 1 rings (SSSR count). The Morgan fingerprint density at radius 2 is 2.00 bits per heavy atom. The van der Waals surface area contributed by atoms with Crippen LogP contribution in [0.2, 0.25) is 0 Å². The lowest BCUT2D eigenvalue weighted by molar-refractivity contribution is -0.137. The molecule has 1 aromatic carbocycles. The lowest BCUT2D eigenvalue weighted by Crippen LogP contribution is -2.06. The Balaban J connectivity index is 3.05. The van der Waals surface area contributed by atoms with Gasteiger partial charge >= 0.3 is 6.18 Å². The minimum Gasteiger partial charge on any atom is -0.494 e. The van der Waals surface area contributed by atoms with Gasteiger partial charge in [0, 0.05) is 5.56 Å². The van der Waals surface area contributed by atoms with E-state index in [0.717, 1.165) is 12.1 Å². The summed E-state index contributed by atoms with van der Waals surface area (Å²) in [6.45, 7) is 7.51. The summed E-state index contributed by atoms with van der Waals surface area (Å²) in [6.07, 6.45) is -4.31. The molecule has 0 bridgehead atoms. The third-order valence-electron chi connectivity index (χ3n) is 2.17. The van der Waals surface area contributed by atoms with Gasteiger partial charge in [-0.05, 0) is 31.5 Å². The molecule has 0 fully saturated rings. The molecular formula is C12H13F3O. The Bertz CT molecular complexity index is 394. The molecule has 88 valence electrons. The molecule has 4 heteroatoms. The van der Waals surface area contributed by atoms with Gasteiger partial charge in [0.25, 0.3) is 0 Å². The van der Waals surface area contributed by atoms with E-state index in [1.807, 2.05) is 0 Å². The van der Waals surface area contributed by atoms with Gasteiger partial charge in [-0.2, -0.15) is 13.2 Å². The first-order valence-electron chi connectivity index (χ1n) is 4.86. The van der Waals surface area contributed by atoms with Crippen molar-refractivity contribution in [2.75, 3.05) is 6.61 Å². The van der Waals surface area contributed by atoms with Crippen molar-refractivity contribution < 1.29 is 17.9 Å². The van der Waals surface area contributed by atoms with Crippen LogP contribution in [0, 0.1) is 6.92 Å². The summed E-state index contributed by atoms with van der Waals surface area (Å²) < 4.78 is 42.3. The van der Waals surface area contributed by atoms with E-state index in [1.54, 1.807) is 13.8 Å². The quantitative estimate of drug-likeness (QED) is 0.712. The highest BCUT2D eigenvalue weighted by atomic mass is 19.4. The van der Waals surface area contributed by atoms with E-state index < -0.39 is 11.7 Å². The molecule has 0 saturated heterocycles. The molecule has 16 heavy (non-hydrogen) atoms. The Kier molecular flexibility index (Phi) is 3.62. The highest BCUT2D eigenvalue weighted by molar-refractivity contribution is 5.61. The number of aryl methyl sites for hydroxylation is 1. The van der Waals surface area contributed by atoms with Crippen LogP contribution in [0.3, 0.4) is 0 Å². The van der Waals surface area contributed by atoms with Gasteiger partial charge in [-0.3, -0.25) is 0 Å². The zero-order valence-corrected chi connectivity index (χ0v) is 9.19. The minimum atomic E-state index is -4.31. The van der Waals surface area contributed by atoms with Crippen LogP contribution in [-0.4, -0.2) is 6.61 Å². The van der Waals surface area contributed by atoms with Gasteiger partial charge in [0.1, 0.15) is 5.76 Å². The monoisotopic (exact) mass is 230 g/mol. The number of hydrogen-bond donors (Lipinski definition) is 0. The topological polar surface area (TPSA) is 9.23 Å². The zero-order valence-electron chi connectivity index (χ0n) is 9.19. The van der Waals surface area contributed by atoms with Crippen LogP contribution < -0.4 is 0 Å². The van der Waals surface area contributed by atoms with Crippen molar-refractivity contribution in [3.8, 4) is 0 Å². The van der Waals surface area contributed by atoms with Gasteiger partial charge in [0.15, 0.2) is 0 Å². The number of ether oxygens (including phenoxy) is 1. The van der Waals surface area contributed by atoms with Crippen molar-refractivity contribution in [1.29, 1.82) is 0 Å². The second kappa shape index (κ2) is 4.60. The molecular weight excluding hydrogens is 217 g/mol. The fourth-order valence-electron chi connectivity index (χ4n) is 1.40. The Morgan fingerprint density at radius 1 is 1.38 bits per heavy atom. The highest BCUT2D eigenvalue weighted by Gasteiger charge is 2.30. The van der Waals surface area contributed by atoms with Gasteiger partial charge in [-0.25, -0.2) is 0 Å². The number of hydrogen-bond acceptors (Lipinski definition) is 1. The Morgan fingerprint density at radius 3 is 2.44 bits per heavy atom. The Labute approximate surface area is 92.5 Å². The molecule has 1 aromatic rings. The first-order valence-corrected chi connectivity index (χ1v) is 4.86. The number of rotatable bonds is 3. The molecule has 0 radical (unpaired) electrons. The predicted molar refractivity (Wildman–Crippen MR) is 56.8 cm³/mol. The maximum atomic E-state index is 12.4. The normalized spacial score (nSPS) is 11.3. The molecule has 1 nitrogen and oxygen atoms in total. The standard InChI is InChI=1S/C12H13F3O/c1-4-16-9(3)11-6-5-10(7-8(11)2)12(13,14)15/h5-7H,3-4H2,1-2H3. The van der Waals surface area contributed by atoms with Crippen LogP contribution in [0.25, 0.3) is 5.76 Å². The van der Waals surface area contributed by atoms with Crippen molar-refractivity contribution in [1.82, 2.24) is 0 Å². The minimum absolute atomic E-state index is 0.397. The van der Waals surface area contributed by atoms with E-state index in [0.29, 0.717) is 23.5 Å². The molecule has 0 aliphatic heterocycles. The van der Waals surface area contributed by atoms with E-state index in [2.05, 4.69) is 6.58 Å². The van der Waals surface area contributed by atoms with E-state index in [4.69, 9.17) is 4.74 Å². The smallest absolute Gasteiger partial charge is 0.416 e. The molecule has 0 aliphatic carbocycles. The maximum absolute atomic E-state index is 12.4. The van der Waals surface area contributed by atoms with Crippen molar-refractivity contribution in [3.63, 3.8) is 0 Å². The highest BCUT2D eigenvalue weighted by Crippen LogP contribution is 2.31. The zero-order chi connectivity index (χ0) is 12.3. The summed E-state index contributed by atoms with van der Waals surface area (Å²) in [4.78, 5) is 0. The van der Waals surface area contributed by atoms with Crippen molar-refractivity contribution >= 4 is 5.76 Å². The van der Waals surface area contributed by atoms with Crippen LogP contribution in [0.4, 0.5) is 13.2 Å². The summed E-state index contributed by atoms with van der Waals surface area (Å²) in [5.74, 6) is 0.397.